The maximum atomic E-state index is 12.9. The molecule has 1 N–H and O–H groups in total. The summed E-state index contributed by atoms with van der Waals surface area (Å²) in [7, 11) is 0. The van der Waals surface area contributed by atoms with Crippen LogP contribution in [0.1, 0.15) is 66.2 Å². The SMILES string of the molecule is CC(C)c1cc(C(=O)N2CCC[C@H](c3nccn3Cc3ccccn3)C2)n[nH]1. The van der Waals surface area contributed by atoms with E-state index >= 15 is 0 Å². The van der Waals surface area contributed by atoms with E-state index in [1.165, 1.54) is 0 Å². The Labute approximate surface area is 164 Å². The minimum absolute atomic E-state index is 0.00400. The quantitative estimate of drug-likeness (QED) is 0.739. The van der Waals surface area contributed by atoms with E-state index < -0.39 is 0 Å². The van der Waals surface area contributed by atoms with Crippen LogP contribution in [0.4, 0.5) is 0 Å². The molecule has 0 aliphatic carbocycles. The molecule has 7 heteroatoms. The first-order valence-corrected chi connectivity index (χ1v) is 9.87. The van der Waals surface area contributed by atoms with Gasteiger partial charge in [-0.2, -0.15) is 5.10 Å². The van der Waals surface area contributed by atoms with Crippen LogP contribution in [-0.2, 0) is 6.54 Å². The summed E-state index contributed by atoms with van der Waals surface area (Å²) in [5.41, 5.74) is 2.49. The largest absolute Gasteiger partial charge is 0.337 e. The third kappa shape index (κ3) is 3.83. The van der Waals surface area contributed by atoms with Crippen molar-refractivity contribution in [2.75, 3.05) is 13.1 Å². The van der Waals surface area contributed by atoms with Crippen molar-refractivity contribution in [3.05, 3.63) is 65.8 Å². The standard InChI is InChI=1S/C21H26N6O/c1-15(2)18-12-19(25-24-18)21(28)27-10-5-6-16(13-27)20-23-9-11-26(20)14-17-7-3-4-8-22-17/h3-4,7-9,11-12,15-16H,5-6,10,13-14H2,1-2H3,(H,24,25)/t16-/m0/s1. The molecule has 0 aromatic carbocycles. The molecule has 1 amide bonds. The van der Waals surface area contributed by atoms with Crippen LogP contribution in [0.15, 0.2) is 42.9 Å². The monoisotopic (exact) mass is 378 g/mol. The molecule has 1 aliphatic heterocycles. The van der Waals surface area contributed by atoms with Gasteiger partial charge in [-0.3, -0.25) is 14.9 Å². The van der Waals surface area contributed by atoms with E-state index in [-0.39, 0.29) is 11.8 Å². The number of piperidine rings is 1. The van der Waals surface area contributed by atoms with E-state index in [1.807, 2.05) is 47.8 Å². The first kappa shape index (κ1) is 18.4. The van der Waals surface area contributed by atoms with Gasteiger partial charge in [0, 0.05) is 43.3 Å². The maximum absolute atomic E-state index is 12.9. The number of hydrogen-bond acceptors (Lipinski definition) is 4. The molecule has 0 unspecified atom stereocenters. The highest BCUT2D eigenvalue weighted by atomic mass is 16.2. The van der Waals surface area contributed by atoms with Gasteiger partial charge in [-0.25, -0.2) is 4.98 Å². The summed E-state index contributed by atoms with van der Waals surface area (Å²) in [4.78, 5) is 23.9. The Morgan fingerprint density at radius 1 is 1.29 bits per heavy atom. The van der Waals surface area contributed by atoms with Crippen LogP contribution in [0.5, 0.6) is 0 Å². The normalized spacial score (nSPS) is 17.2. The fraction of sp³-hybridized carbons (Fsp3) is 0.429. The predicted molar refractivity (Wildman–Crippen MR) is 106 cm³/mol. The molecule has 1 fully saturated rings. The highest BCUT2D eigenvalue weighted by Gasteiger charge is 2.29. The molecule has 3 aromatic heterocycles. The Kier molecular flexibility index (Phi) is 5.23. The highest BCUT2D eigenvalue weighted by molar-refractivity contribution is 5.92. The number of likely N-dealkylation sites (tertiary alicyclic amines) is 1. The van der Waals surface area contributed by atoms with Crippen molar-refractivity contribution in [3.8, 4) is 0 Å². The molecule has 0 bridgehead atoms. The summed E-state index contributed by atoms with van der Waals surface area (Å²) in [6.07, 6.45) is 7.63. The van der Waals surface area contributed by atoms with Crippen LogP contribution in [-0.4, -0.2) is 48.6 Å². The Balaban J connectivity index is 1.48. The van der Waals surface area contributed by atoms with Crippen molar-refractivity contribution in [1.29, 1.82) is 0 Å². The van der Waals surface area contributed by atoms with E-state index in [0.29, 0.717) is 24.7 Å². The summed E-state index contributed by atoms with van der Waals surface area (Å²) in [5, 5.41) is 7.21. The number of nitrogens with zero attached hydrogens (tertiary/aromatic N) is 5. The van der Waals surface area contributed by atoms with E-state index in [9.17, 15) is 4.79 Å². The number of rotatable bonds is 5. The van der Waals surface area contributed by atoms with Crippen LogP contribution in [0.3, 0.4) is 0 Å². The lowest BCUT2D eigenvalue weighted by molar-refractivity contribution is 0.0697. The topological polar surface area (TPSA) is 79.7 Å². The Morgan fingerprint density at radius 2 is 2.18 bits per heavy atom. The second kappa shape index (κ2) is 7.96. The molecule has 0 saturated carbocycles. The number of aromatic nitrogens is 5. The molecular formula is C21H26N6O. The molecule has 1 saturated heterocycles. The molecule has 4 rings (SSSR count). The van der Waals surface area contributed by atoms with Gasteiger partial charge in [0.25, 0.3) is 5.91 Å². The number of aromatic amines is 1. The van der Waals surface area contributed by atoms with Gasteiger partial charge in [0.2, 0.25) is 0 Å². The number of amides is 1. The smallest absolute Gasteiger partial charge is 0.274 e. The van der Waals surface area contributed by atoms with Gasteiger partial charge >= 0.3 is 0 Å². The summed E-state index contributed by atoms with van der Waals surface area (Å²) < 4.78 is 2.15. The van der Waals surface area contributed by atoms with Gasteiger partial charge in [0.1, 0.15) is 11.5 Å². The zero-order valence-electron chi connectivity index (χ0n) is 16.4. The van der Waals surface area contributed by atoms with Gasteiger partial charge in [0.05, 0.1) is 12.2 Å². The molecule has 3 aromatic rings. The zero-order chi connectivity index (χ0) is 19.5. The average Bonchev–Trinajstić information content (AvgIpc) is 3.38. The molecule has 1 aliphatic rings. The van der Waals surface area contributed by atoms with Crippen LogP contribution < -0.4 is 0 Å². The fourth-order valence-electron chi connectivity index (χ4n) is 3.76. The number of pyridine rings is 1. The number of carbonyl (C=O) groups excluding carboxylic acids is 1. The summed E-state index contributed by atoms with van der Waals surface area (Å²) >= 11 is 0. The van der Waals surface area contributed by atoms with Crippen molar-refractivity contribution in [2.45, 2.75) is 45.1 Å². The average molecular weight is 378 g/mol. The Bertz CT molecular complexity index is 929. The molecule has 7 nitrogen and oxygen atoms in total. The predicted octanol–water partition coefficient (Wildman–Crippen LogP) is 3.19. The number of hydrogen-bond donors (Lipinski definition) is 1. The van der Waals surface area contributed by atoms with Crippen LogP contribution in [0.25, 0.3) is 0 Å². The first-order chi connectivity index (χ1) is 13.6. The Morgan fingerprint density at radius 3 is 2.93 bits per heavy atom. The zero-order valence-corrected chi connectivity index (χ0v) is 16.4. The Hall–Kier alpha value is -2.96. The van der Waals surface area contributed by atoms with Gasteiger partial charge in [-0.15, -0.1) is 0 Å². The molecular weight excluding hydrogens is 352 g/mol. The van der Waals surface area contributed by atoms with E-state index in [4.69, 9.17) is 0 Å². The van der Waals surface area contributed by atoms with E-state index in [0.717, 1.165) is 36.6 Å². The molecule has 0 radical (unpaired) electrons. The fourth-order valence-corrected chi connectivity index (χ4v) is 3.76. The first-order valence-electron chi connectivity index (χ1n) is 9.87. The third-order valence-corrected chi connectivity index (χ3v) is 5.32. The third-order valence-electron chi connectivity index (χ3n) is 5.32. The lowest BCUT2D eigenvalue weighted by Crippen LogP contribution is -2.40. The van der Waals surface area contributed by atoms with Crippen LogP contribution in [0.2, 0.25) is 0 Å². The van der Waals surface area contributed by atoms with Crippen molar-refractivity contribution in [2.24, 2.45) is 0 Å². The molecule has 146 valence electrons. The summed E-state index contributed by atoms with van der Waals surface area (Å²) in [6.45, 7) is 6.29. The van der Waals surface area contributed by atoms with Crippen molar-refractivity contribution < 1.29 is 4.79 Å². The molecule has 1 atom stereocenters. The van der Waals surface area contributed by atoms with Crippen molar-refractivity contribution >= 4 is 5.91 Å². The van der Waals surface area contributed by atoms with E-state index in [2.05, 4.69) is 38.6 Å². The molecule has 28 heavy (non-hydrogen) atoms. The van der Waals surface area contributed by atoms with Gasteiger partial charge < -0.3 is 9.47 Å². The second-order valence-electron chi connectivity index (χ2n) is 7.69. The lowest BCUT2D eigenvalue weighted by Gasteiger charge is -2.32. The van der Waals surface area contributed by atoms with Gasteiger partial charge in [-0.1, -0.05) is 19.9 Å². The minimum atomic E-state index is -0.00400. The number of nitrogens with one attached hydrogen (secondary N) is 1. The number of carbonyl (C=O) groups is 1. The van der Waals surface area contributed by atoms with Gasteiger partial charge in [-0.05, 0) is 37.0 Å². The van der Waals surface area contributed by atoms with Gasteiger partial charge in [0.15, 0.2) is 0 Å². The summed E-state index contributed by atoms with van der Waals surface area (Å²) in [6, 6.07) is 7.81. The van der Waals surface area contributed by atoms with Crippen molar-refractivity contribution in [1.82, 2.24) is 29.6 Å². The highest BCUT2D eigenvalue weighted by Crippen LogP contribution is 2.27. The second-order valence-corrected chi connectivity index (χ2v) is 7.69. The van der Waals surface area contributed by atoms with Crippen molar-refractivity contribution in [3.63, 3.8) is 0 Å². The summed E-state index contributed by atoms with van der Waals surface area (Å²) in [5.74, 6) is 1.56. The lowest BCUT2D eigenvalue weighted by atomic mass is 9.96. The van der Waals surface area contributed by atoms with Crippen LogP contribution in [0, 0.1) is 0 Å². The molecule has 4 heterocycles. The number of H-pyrrole nitrogens is 1. The van der Waals surface area contributed by atoms with E-state index in [1.54, 1.807) is 0 Å². The van der Waals surface area contributed by atoms with Crippen LogP contribution >= 0.6 is 0 Å². The number of imidazole rings is 1. The minimum Gasteiger partial charge on any atom is -0.337 e. The maximum Gasteiger partial charge on any atom is 0.274 e. The molecule has 0 spiro atoms.